The number of carbonyl (C=O) groups is 2. The van der Waals surface area contributed by atoms with Crippen LogP contribution in [0.1, 0.15) is 71.6 Å². The van der Waals surface area contributed by atoms with Gasteiger partial charge in [-0.2, -0.15) is 19.4 Å². The number of hydrogen-bond acceptors (Lipinski definition) is 12. The third-order valence-electron chi connectivity index (χ3n) is 8.85. The van der Waals surface area contributed by atoms with Gasteiger partial charge in [-0.05, 0) is 62.9 Å². The number of para-hydroxylation sites is 1. The number of aromatic nitrogens is 4. The monoisotopic (exact) mass is 800 g/mol. The van der Waals surface area contributed by atoms with Crippen LogP contribution in [0.15, 0.2) is 54.9 Å². The summed E-state index contributed by atoms with van der Waals surface area (Å²) in [6.45, 7) is 6.28. The van der Waals surface area contributed by atoms with Crippen LogP contribution in [0.3, 0.4) is 0 Å². The molecule has 1 aliphatic rings. The lowest BCUT2D eigenvalue weighted by atomic mass is 9.96. The molecule has 0 saturated carbocycles. The molecule has 300 valence electrons. The quantitative estimate of drug-likeness (QED) is 0.0476. The van der Waals surface area contributed by atoms with Crippen LogP contribution in [0.5, 0.6) is 5.75 Å². The number of fused-ring (bicyclic) bond motifs is 1. The van der Waals surface area contributed by atoms with E-state index in [4.69, 9.17) is 35.4 Å². The summed E-state index contributed by atoms with van der Waals surface area (Å²) in [5.74, 6) is -1.40. The van der Waals surface area contributed by atoms with E-state index in [9.17, 15) is 27.3 Å². The van der Waals surface area contributed by atoms with Crippen molar-refractivity contribution in [2.24, 2.45) is 5.92 Å². The number of terminal acetylenes is 1. The average molecular weight is 801 g/mol. The molecule has 3 heterocycles. The maximum absolute atomic E-state index is 14.9. The van der Waals surface area contributed by atoms with Gasteiger partial charge in [0.05, 0.1) is 18.3 Å². The smallest absolute Gasteiger partial charge is 0.459 e. The molecule has 0 spiro atoms. The van der Waals surface area contributed by atoms with Gasteiger partial charge >= 0.3 is 25.8 Å². The fourth-order valence-corrected chi connectivity index (χ4v) is 7.85. The van der Waals surface area contributed by atoms with Crippen molar-refractivity contribution in [2.45, 2.75) is 96.3 Å². The van der Waals surface area contributed by atoms with E-state index in [1.807, 2.05) is 13.8 Å². The van der Waals surface area contributed by atoms with Crippen LogP contribution >= 0.6 is 7.75 Å². The summed E-state index contributed by atoms with van der Waals surface area (Å²) in [5, 5.41) is 2.59. The van der Waals surface area contributed by atoms with E-state index in [1.54, 1.807) is 32.0 Å². The molecular weight excluding hydrogens is 756 g/mol. The van der Waals surface area contributed by atoms with Crippen molar-refractivity contribution in [1.29, 1.82) is 0 Å². The molecule has 5 atom stereocenters. The van der Waals surface area contributed by atoms with E-state index >= 15 is 0 Å². The van der Waals surface area contributed by atoms with Crippen molar-refractivity contribution in [3.63, 3.8) is 0 Å². The molecule has 4 aromatic rings. The molecule has 18 heteroatoms. The number of rotatable bonds is 18. The van der Waals surface area contributed by atoms with Gasteiger partial charge in [-0.15, -0.1) is 6.42 Å². The molecule has 3 N–H and O–H groups in total. The summed E-state index contributed by atoms with van der Waals surface area (Å²) in [5.41, 5.74) is 3.98. The van der Waals surface area contributed by atoms with Crippen LogP contribution in [-0.2, 0) is 39.3 Å². The lowest BCUT2D eigenvalue weighted by molar-refractivity contribution is -0.163. The lowest BCUT2D eigenvalue weighted by Gasteiger charge is -2.32. The van der Waals surface area contributed by atoms with Gasteiger partial charge in [0.2, 0.25) is 0 Å². The first kappa shape index (κ1) is 42.1. The summed E-state index contributed by atoms with van der Waals surface area (Å²) >= 11 is 0. The maximum Gasteiger partial charge on any atom is 0.459 e. The molecule has 1 aliphatic heterocycles. The minimum absolute atomic E-state index is 0.0307. The second-order valence-electron chi connectivity index (χ2n) is 13.6. The predicted molar refractivity (Wildman–Crippen MR) is 198 cm³/mol. The number of ether oxygens (including phenoxy) is 3. The lowest BCUT2D eigenvalue weighted by Crippen LogP contribution is -2.46. The molecule has 56 heavy (non-hydrogen) atoms. The Labute approximate surface area is 322 Å². The first-order valence-electron chi connectivity index (χ1n) is 18.1. The molecule has 1 fully saturated rings. The summed E-state index contributed by atoms with van der Waals surface area (Å²) in [6, 6.07) is 8.98. The molecule has 0 radical (unpaired) electrons. The Morgan fingerprint density at radius 3 is 2.39 bits per heavy atom. The van der Waals surface area contributed by atoms with E-state index in [2.05, 4.69) is 26.0 Å². The van der Waals surface area contributed by atoms with Gasteiger partial charge in [-0.3, -0.25) is 18.7 Å². The zero-order valence-electron chi connectivity index (χ0n) is 31.3. The van der Waals surface area contributed by atoms with Gasteiger partial charge in [0.1, 0.15) is 42.4 Å². The van der Waals surface area contributed by atoms with Crippen molar-refractivity contribution in [3.8, 4) is 18.1 Å². The summed E-state index contributed by atoms with van der Waals surface area (Å²) < 4.78 is 88.8. The van der Waals surface area contributed by atoms with Crippen LogP contribution < -0.4 is 15.3 Å². The Kier molecular flexibility index (Phi) is 13.8. The highest BCUT2D eigenvalue weighted by Crippen LogP contribution is 2.49. The van der Waals surface area contributed by atoms with Crippen molar-refractivity contribution < 1.29 is 50.6 Å². The van der Waals surface area contributed by atoms with Gasteiger partial charge < -0.3 is 24.5 Å². The van der Waals surface area contributed by atoms with Crippen molar-refractivity contribution in [1.82, 2.24) is 24.6 Å². The third-order valence-corrected chi connectivity index (χ3v) is 10.4. The zero-order chi connectivity index (χ0) is 40.6. The Bertz CT molecular complexity index is 2070. The number of imidazole rings is 1. The first-order chi connectivity index (χ1) is 26.7. The van der Waals surface area contributed by atoms with E-state index in [0.29, 0.717) is 31.7 Å². The SMILES string of the molecule is C#C[C@]1(CO[P@@](=O)(NC(Cc2cc(F)cc(F)c2)C(=O)OC(C)C)Oc2ccccc2)O[C@@H](n2cnc3c(N)nc(F)nc32)C[C@@H]1OC(=O)C(CCC)CCC. The van der Waals surface area contributed by atoms with Crippen molar-refractivity contribution in [2.75, 3.05) is 12.3 Å². The second kappa shape index (κ2) is 18.3. The van der Waals surface area contributed by atoms with Crippen molar-refractivity contribution in [3.05, 3.63) is 78.1 Å². The van der Waals surface area contributed by atoms with E-state index in [1.165, 1.54) is 23.0 Å². The number of nitrogen functional groups attached to an aromatic ring is 1. The topological polar surface area (TPSA) is 179 Å². The van der Waals surface area contributed by atoms with Gasteiger partial charge in [0, 0.05) is 12.5 Å². The minimum Gasteiger partial charge on any atom is -0.462 e. The molecule has 2 aromatic carbocycles. The highest BCUT2D eigenvalue weighted by atomic mass is 31.2. The number of nitrogens with zero attached hydrogens (tertiary/aromatic N) is 4. The Morgan fingerprint density at radius 1 is 1.09 bits per heavy atom. The molecule has 0 aliphatic carbocycles. The number of hydrogen-bond donors (Lipinski definition) is 2. The van der Waals surface area contributed by atoms with Gasteiger partial charge in [0.25, 0.3) is 0 Å². The highest BCUT2D eigenvalue weighted by molar-refractivity contribution is 7.52. The first-order valence-corrected chi connectivity index (χ1v) is 19.7. The number of nitrogens with one attached hydrogen (secondary N) is 1. The molecule has 14 nitrogen and oxygen atoms in total. The Balaban J connectivity index is 1.53. The summed E-state index contributed by atoms with van der Waals surface area (Å²) in [6.07, 6.45) is 5.30. The molecule has 1 unspecified atom stereocenters. The molecular formula is C38H44F3N6O8P. The predicted octanol–water partition coefficient (Wildman–Crippen LogP) is 6.60. The van der Waals surface area contributed by atoms with E-state index in [0.717, 1.165) is 12.1 Å². The van der Waals surface area contributed by atoms with Gasteiger partial charge in [-0.25, -0.2) is 18.3 Å². The van der Waals surface area contributed by atoms with E-state index < -0.39 is 86.4 Å². The Hall–Kier alpha value is -5.01. The Morgan fingerprint density at radius 2 is 1.77 bits per heavy atom. The largest absolute Gasteiger partial charge is 0.462 e. The minimum atomic E-state index is -4.76. The van der Waals surface area contributed by atoms with Crippen LogP contribution in [-0.4, -0.2) is 61.9 Å². The standard InChI is InChI=1S/C38H44F3N6O8P/c1-6-12-25(13-7-2)35(48)53-30-20-31(47-22-43-32-33(42)44-37(41)45-34(32)47)54-38(30,8-3)21-51-56(50,55-28-14-10-9-11-15-28)46-29(36(49)52-23(4)5)18-24-16-26(39)19-27(40)17-24/h3,9-11,14-17,19,22-23,25,29-31H,6-7,12-13,18,20-21H2,1-2,4-5H3,(H,46,50)(H2,42,44,45)/t29?,30-,31+,38+,56-/m0/s1. The van der Waals surface area contributed by atoms with Crippen LogP contribution in [0.2, 0.25) is 0 Å². The normalized spacial score (nSPS) is 19.8. The fourth-order valence-electron chi connectivity index (χ4n) is 6.33. The van der Waals surface area contributed by atoms with Gasteiger partial charge in [-0.1, -0.05) is 50.8 Å². The summed E-state index contributed by atoms with van der Waals surface area (Å²) in [4.78, 5) is 38.6. The maximum atomic E-state index is 14.9. The number of nitrogens with two attached hydrogens (primary N) is 1. The number of carbonyl (C=O) groups excluding carboxylic acids is 2. The highest BCUT2D eigenvalue weighted by Gasteiger charge is 2.53. The molecule has 2 aromatic heterocycles. The third kappa shape index (κ3) is 10.2. The number of halogens is 3. The second-order valence-corrected chi connectivity index (χ2v) is 15.3. The van der Waals surface area contributed by atoms with Crippen LogP contribution in [0.4, 0.5) is 19.0 Å². The summed E-state index contributed by atoms with van der Waals surface area (Å²) in [7, 11) is -4.76. The van der Waals surface area contributed by atoms with Crippen molar-refractivity contribution >= 4 is 36.7 Å². The van der Waals surface area contributed by atoms with E-state index in [-0.39, 0.29) is 34.7 Å². The fraction of sp³-hybridized carbons (Fsp3) is 0.447. The van der Waals surface area contributed by atoms with Gasteiger partial charge in [0.15, 0.2) is 22.6 Å². The number of esters is 2. The molecule has 0 amide bonds. The molecule has 1 saturated heterocycles. The molecule has 0 bridgehead atoms. The number of benzene rings is 2. The van der Waals surface area contributed by atoms with Crippen LogP contribution in [0.25, 0.3) is 11.2 Å². The number of anilines is 1. The molecule has 5 rings (SSSR count). The average Bonchev–Trinajstić information content (AvgIpc) is 3.72. The zero-order valence-corrected chi connectivity index (χ0v) is 32.2. The van der Waals surface area contributed by atoms with Crippen LogP contribution in [0, 0.1) is 36.0 Å².